The van der Waals surface area contributed by atoms with Gasteiger partial charge >= 0.3 is 0 Å². The number of hydrogen-bond donors (Lipinski definition) is 4. The Balaban J connectivity index is 1.95. The van der Waals surface area contributed by atoms with Crippen LogP contribution in [0.15, 0.2) is 0 Å². The minimum atomic E-state index is 0.527. The smallest absolute Gasteiger partial charge is 0.158 e. The lowest BCUT2D eigenvalue weighted by Gasteiger charge is -2.44. The number of quaternary nitrogens is 4. The summed E-state index contributed by atoms with van der Waals surface area (Å²) >= 11 is 0. The number of likely N-dealkylation sites (tertiary alicyclic amines) is 1. The Hall–Kier alpha value is -0.160. The maximum atomic E-state index is 4.29. The van der Waals surface area contributed by atoms with Crippen molar-refractivity contribution in [2.75, 3.05) is 59.4 Å². The lowest BCUT2D eigenvalue weighted by atomic mass is 9.85. The van der Waals surface area contributed by atoms with Crippen LogP contribution in [0.2, 0.25) is 0 Å². The molecule has 100 valence electrons. The van der Waals surface area contributed by atoms with Gasteiger partial charge in [-0.15, -0.1) is 0 Å². The first-order chi connectivity index (χ1) is 8.20. The molecule has 2 saturated heterocycles. The molecule has 0 radical (unpaired) electrons. The summed E-state index contributed by atoms with van der Waals surface area (Å²) in [5.41, 5.74) is 4.82. The third-order valence-corrected chi connectivity index (χ3v) is 5.35. The van der Waals surface area contributed by atoms with Crippen LogP contribution in [0.4, 0.5) is 0 Å². The van der Waals surface area contributed by atoms with E-state index in [0.717, 1.165) is 6.54 Å². The highest BCUT2D eigenvalue weighted by Gasteiger charge is 2.47. The molecule has 0 bridgehead atoms. The lowest BCUT2D eigenvalue weighted by molar-refractivity contribution is -1.04. The average molecular weight is 244 g/mol. The minimum absolute atomic E-state index is 0.527. The molecule has 4 nitrogen and oxygen atoms in total. The van der Waals surface area contributed by atoms with Gasteiger partial charge in [0.05, 0.1) is 39.5 Å². The number of hydrogen-bond acceptors (Lipinski definition) is 0. The van der Waals surface area contributed by atoms with Gasteiger partial charge in [-0.05, 0) is 6.92 Å². The van der Waals surface area contributed by atoms with Crippen LogP contribution in [0, 0.1) is 0 Å². The molecule has 0 aliphatic carbocycles. The van der Waals surface area contributed by atoms with E-state index in [1.54, 1.807) is 9.80 Å². The monoisotopic (exact) mass is 244 g/mol. The molecule has 17 heavy (non-hydrogen) atoms. The van der Waals surface area contributed by atoms with Gasteiger partial charge in [0.15, 0.2) is 5.54 Å². The van der Waals surface area contributed by atoms with Crippen molar-refractivity contribution in [2.45, 2.75) is 25.3 Å². The van der Waals surface area contributed by atoms with E-state index in [-0.39, 0.29) is 0 Å². The van der Waals surface area contributed by atoms with Crippen LogP contribution in [0.1, 0.15) is 19.8 Å². The molecule has 2 aliphatic heterocycles. The van der Waals surface area contributed by atoms with Crippen molar-refractivity contribution in [1.82, 2.24) is 0 Å². The van der Waals surface area contributed by atoms with Crippen LogP contribution in [-0.4, -0.2) is 64.9 Å². The van der Waals surface area contributed by atoms with Gasteiger partial charge in [0.2, 0.25) is 0 Å². The van der Waals surface area contributed by atoms with Crippen molar-refractivity contribution in [2.24, 2.45) is 0 Å². The molecule has 2 fully saturated rings. The first-order valence-corrected chi connectivity index (χ1v) is 7.49. The third kappa shape index (κ3) is 2.81. The number of likely N-dealkylation sites (N-methyl/N-ethyl adjacent to an activating group) is 1. The maximum Gasteiger partial charge on any atom is 0.158 e. The summed E-state index contributed by atoms with van der Waals surface area (Å²) in [5.74, 6) is 0. The number of nitrogens with one attached hydrogen (secondary N) is 3. The van der Waals surface area contributed by atoms with E-state index in [9.17, 15) is 0 Å². The second-order valence-corrected chi connectivity index (χ2v) is 6.19. The van der Waals surface area contributed by atoms with Crippen molar-refractivity contribution in [1.29, 1.82) is 0 Å². The second kappa shape index (κ2) is 5.65. The molecule has 0 spiro atoms. The van der Waals surface area contributed by atoms with Crippen molar-refractivity contribution in [3.63, 3.8) is 0 Å². The van der Waals surface area contributed by atoms with E-state index in [4.69, 9.17) is 0 Å². The van der Waals surface area contributed by atoms with Crippen molar-refractivity contribution < 1.29 is 20.4 Å². The molecular formula is C13H32N4+4. The molecule has 4 heteroatoms. The van der Waals surface area contributed by atoms with E-state index in [0.29, 0.717) is 5.54 Å². The van der Waals surface area contributed by atoms with Gasteiger partial charge in [0, 0.05) is 0 Å². The highest BCUT2D eigenvalue weighted by Crippen LogP contribution is 2.10. The molecule has 2 aliphatic rings. The van der Waals surface area contributed by atoms with Gasteiger partial charge in [-0.25, -0.2) is 0 Å². The molecule has 0 aromatic heterocycles. The molecule has 0 saturated carbocycles. The molecule has 0 unspecified atom stereocenters. The van der Waals surface area contributed by atoms with Gasteiger partial charge < -0.3 is 20.4 Å². The molecule has 2 heterocycles. The maximum absolute atomic E-state index is 4.29. The Bertz CT molecular complexity index is 228. The van der Waals surface area contributed by atoms with E-state index in [1.807, 2.05) is 4.90 Å². The Labute approximate surface area is 106 Å². The van der Waals surface area contributed by atoms with E-state index < -0.39 is 0 Å². The summed E-state index contributed by atoms with van der Waals surface area (Å²) in [6.07, 6.45) is 2.79. The molecule has 0 aromatic carbocycles. The third-order valence-electron chi connectivity index (χ3n) is 5.35. The topological polar surface area (TPSA) is 41.0 Å². The van der Waals surface area contributed by atoms with Crippen molar-refractivity contribution in [3.8, 4) is 0 Å². The summed E-state index contributed by atoms with van der Waals surface area (Å²) < 4.78 is 0. The van der Waals surface area contributed by atoms with E-state index >= 15 is 0 Å². The highest BCUT2D eigenvalue weighted by molar-refractivity contribution is 4.80. The van der Waals surface area contributed by atoms with E-state index in [1.165, 1.54) is 58.7 Å². The van der Waals surface area contributed by atoms with Gasteiger partial charge in [0.1, 0.15) is 32.7 Å². The van der Waals surface area contributed by atoms with Gasteiger partial charge in [-0.1, -0.05) is 0 Å². The largest absolute Gasteiger partial charge is 0.352 e. The van der Waals surface area contributed by atoms with Crippen molar-refractivity contribution >= 4 is 0 Å². The number of rotatable bonds is 3. The van der Waals surface area contributed by atoms with Gasteiger partial charge in [0.25, 0.3) is 0 Å². The fraction of sp³-hybridized carbons (Fsp3) is 1.00. The molecule has 6 N–H and O–H groups in total. The molecule has 0 atom stereocenters. The fourth-order valence-corrected chi connectivity index (χ4v) is 3.72. The summed E-state index contributed by atoms with van der Waals surface area (Å²) in [6, 6.07) is 0. The standard InChI is InChI=1S/C13H28N4/c1-3-16-6-4-13(12-14,5-7-16)17-10-8-15(2)9-11-17/h3-12,14H2,1-2H3/p+4. The molecule has 0 aromatic rings. The Kier molecular flexibility index (Phi) is 4.42. The summed E-state index contributed by atoms with van der Waals surface area (Å²) in [5, 5.41) is 0. The second-order valence-electron chi connectivity index (χ2n) is 6.19. The first-order valence-electron chi connectivity index (χ1n) is 7.49. The normalized spacial score (nSPS) is 43.6. The highest BCUT2D eigenvalue weighted by atomic mass is 15.3. The number of piperidine rings is 1. The van der Waals surface area contributed by atoms with Crippen molar-refractivity contribution in [3.05, 3.63) is 0 Å². The summed E-state index contributed by atoms with van der Waals surface area (Å²) in [7, 11) is 2.33. The number of piperazine rings is 1. The zero-order valence-corrected chi connectivity index (χ0v) is 11.8. The predicted octanol–water partition coefficient (Wildman–Crippen LogP) is -4.92. The minimum Gasteiger partial charge on any atom is -0.352 e. The van der Waals surface area contributed by atoms with Crippen LogP contribution in [0.25, 0.3) is 0 Å². The summed E-state index contributed by atoms with van der Waals surface area (Å²) in [4.78, 5) is 5.38. The Morgan fingerprint density at radius 2 is 1.59 bits per heavy atom. The average Bonchev–Trinajstić information content (AvgIpc) is 2.40. The van der Waals surface area contributed by atoms with Crippen LogP contribution < -0.4 is 20.4 Å². The fourth-order valence-electron chi connectivity index (χ4n) is 3.72. The van der Waals surface area contributed by atoms with Crippen LogP contribution in [0.5, 0.6) is 0 Å². The summed E-state index contributed by atoms with van der Waals surface area (Å²) in [6.45, 7) is 12.9. The Morgan fingerprint density at radius 3 is 2.06 bits per heavy atom. The van der Waals surface area contributed by atoms with Crippen LogP contribution >= 0.6 is 0 Å². The zero-order chi connectivity index (χ0) is 12.3. The van der Waals surface area contributed by atoms with Gasteiger partial charge in [-0.3, -0.25) is 0 Å². The lowest BCUT2D eigenvalue weighted by Crippen LogP contribution is -3.33. The Morgan fingerprint density at radius 1 is 1.00 bits per heavy atom. The SMILES string of the molecule is CC[NH+]1CCC(C[NH3+])([NH+]2CC[NH+](C)CC2)CC1. The molecule has 2 rings (SSSR count). The van der Waals surface area contributed by atoms with Crippen LogP contribution in [-0.2, 0) is 0 Å². The van der Waals surface area contributed by atoms with Crippen LogP contribution in [0.3, 0.4) is 0 Å². The first kappa shape index (κ1) is 13.3. The quantitative estimate of drug-likeness (QED) is 0.384. The molecular weight excluding hydrogens is 212 g/mol. The zero-order valence-electron chi connectivity index (χ0n) is 11.8. The van der Waals surface area contributed by atoms with E-state index in [2.05, 4.69) is 19.7 Å². The van der Waals surface area contributed by atoms with Gasteiger partial charge in [-0.2, -0.15) is 0 Å². The molecule has 0 amide bonds. The predicted molar refractivity (Wildman–Crippen MR) is 68.3 cm³/mol.